The van der Waals surface area contributed by atoms with E-state index in [-0.39, 0.29) is 25.7 Å². The number of aliphatic carboxylic acids is 2. The molecule has 0 radical (unpaired) electrons. The van der Waals surface area contributed by atoms with E-state index in [1.54, 1.807) is 27.7 Å². The molecule has 6 heteroatoms. The Bertz CT molecular complexity index is 261. The Hall–Kier alpha value is -1.14. The summed E-state index contributed by atoms with van der Waals surface area (Å²) in [6.45, 7) is 6.62. The summed E-state index contributed by atoms with van der Waals surface area (Å²) in [4.78, 5) is 32.4. The maximum Gasteiger partial charge on any atom is 0.339 e. The minimum absolute atomic E-state index is 0.196. The van der Waals surface area contributed by atoms with Gasteiger partial charge in [-0.3, -0.25) is 0 Å². The lowest BCUT2D eigenvalue weighted by Gasteiger charge is -2.32. The van der Waals surface area contributed by atoms with E-state index in [0.717, 1.165) is 0 Å². The molecule has 0 aromatic rings. The van der Waals surface area contributed by atoms with E-state index in [4.69, 9.17) is 20.0 Å². The monoisotopic (exact) mass is 262 g/mol. The SMILES string of the molecule is CCC(CC)(OOC(CC)(CC)C(=O)O)C(=O)O. The standard InChI is InChI=1S/C12H22O6/c1-5-11(6-2,9(13)14)17-18-12(7-3,8-4)10(15)16/h5-8H2,1-4H3,(H,13,14)(H,15,16). The molecule has 0 fully saturated rings. The van der Waals surface area contributed by atoms with Crippen LogP contribution in [0, 0.1) is 0 Å². The highest BCUT2D eigenvalue weighted by atomic mass is 17.2. The van der Waals surface area contributed by atoms with Crippen LogP contribution in [0.25, 0.3) is 0 Å². The summed E-state index contributed by atoms with van der Waals surface area (Å²) in [7, 11) is 0. The molecule has 0 aliphatic heterocycles. The topological polar surface area (TPSA) is 93.1 Å². The molecule has 0 spiro atoms. The number of carboxylic acid groups (broad SMARTS) is 2. The number of carbonyl (C=O) groups is 2. The van der Waals surface area contributed by atoms with Crippen LogP contribution in [-0.4, -0.2) is 33.4 Å². The van der Waals surface area contributed by atoms with E-state index < -0.39 is 23.1 Å². The van der Waals surface area contributed by atoms with Gasteiger partial charge in [0.15, 0.2) is 11.2 Å². The van der Waals surface area contributed by atoms with Crippen LogP contribution in [-0.2, 0) is 19.4 Å². The quantitative estimate of drug-likeness (QED) is 0.489. The zero-order valence-corrected chi connectivity index (χ0v) is 11.4. The number of hydrogen-bond donors (Lipinski definition) is 2. The van der Waals surface area contributed by atoms with Gasteiger partial charge in [0.2, 0.25) is 0 Å². The van der Waals surface area contributed by atoms with Crippen LogP contribution in [0.15, 0.2) is 0 Å². The molecule has 18 heavy (non-hydrogen) atoms. The van der Waals surface area contributed by atoms with E-state index >= 15 is 0 Å². The van der Waals surface area contributed by atoms with Gasteiger partial charge in [-0.15, -0.1) is 0 Å². The molecule has 0 aliphatic rings. The van der Waals surface area contributed by atoms with Gasteiger partial charge < -0.3 is 10.2 Å². The minimum atomic E-state index is -1.50. The van der Waals surface area contributed by atoms with Gasteiger partial charge in [0.1, 0.15) is 0 Å². The van der Waals surface area contributed by atoms with Crippen LogP contribution in [0.3, 0.4) is 0 Å². The van der Waals surface area contributed by atoms with Crippen LogP contribution in [0.1, 0.15) is 53.4 Å². The van der Waals surface area contributed by atoms with Crippen molar-refractivity contribution < 1.29 is 29.6 Å². The van der Waals surface area contributed by atoms with Gasteiger partial charge in [0, 0.05) is 0 Å². The highest BCUT2D eigenvalue weighted by Crippen LogP contribution is 2.28. The van der Waals surface area contributed by atoms with Crippen molar-refractivity contribution in [2.45, 2.75) is 64.6 Å². The largest absolute Gasteiger partial charge is 0.479 e. The third kappa shape index (κ3) is 3.20. The van der Waals surface area contributed by atoms with Crippen LogP contribution < -0.4 is 0 Å². The number of rotatable bonds is 9. The van der Waals surface area contributed by atoms with Crippen LogP contribution >= 0.6 is 0 Å². The highest BCUT2D eigenvalue weighted by Gasteiger charge is 2.44. The molecule has 0 bridgehead atoms. The lowest BCUT2D eigenvalue weighted by atomic mass is 9.97. The van der Waals surface area contributed by atoms with Crippen molar-refractivity contribution in [3.05, 3.63) is 0 Å². The van der Waals surface area contributed by atoms with Gasteiger partial charge in [0.25, 0.3) is 0 Å². The average Bonchev–Trinajstić information content (AvgIpc) is 2.35. The number of hydrogen-bond acceptors (Lipinski definition) is 4. The van der Waals surface area contributed by atoms with Crippen molar-refractivity contribution in [1.82, 2.24) is 0 Å². The predicted octanol–water partition coefficient (Wildman–Crippen LogP) is 2.22. The third-order valence-electron chi connectivity index (χ3n) is 3.42. The molecule has 106 valence electrons. The average molecular weight is 262 g/mol. The first-order chi connectivity index (χ1) is 8.34. The van der Waals surface area contributed by atoms with Crippen molar-refractivity contribution in [2.75, 3.05) is 0 Å². The summed E-state index contributed by atoms with van der Waals surface area (Å²) in [5.74, 6) is -2.31. The molecule has 0 aromatic carbocycles. The van der Waals surface area contributed by atoms with Crippen molar-refractivity contribution >= 4 is 11.9 Å². The number of carboxylic acids is 2. The summed E-state index contributed by atoms with van der Waals surface area (Å²) in [5.41, 5.74) is -2.99. The molecule has 0 aliphatic carbocycles. The molecule has 0 rings (SSSR count). The van der Waals surface area contributed by atoms with E-state index in [9.17, 15) is 9.59 Å². The van der Waals surface area contributed by atoms with Gasteiger partial charge in [-0.25, -0.2) is 19.4 Å². The summed E-state index contributed by atoms with van der Waals surface area (Å²) >= 11 is 0. The highest BCUT2D eigenvalue weighted by molar-refractivity contribution is 5.78. The fourth-order valence-corrected chi connectivity index (χ4v) is 1.57. The third-order valence-corrected chi connectivity index (χ3v) is 3.42. The Kier molecular flexibility index (Phi) is 6.28. The second-order valence-electron chi connectivity index (χ2n) is 4.18. The van der Waals surface area contributed by atoms with Gasteiger partial charge in [-0.2, -0.15) is 0 Å². The van der Waals surface area contributed by atoms with Gasteiger partial charge in [0.05, 0.1) is 0 Å². The molecule has 0 saturated carbocycles. The normalized spacial score (nSPS) is 12.4. The first kappa shape index (κ1) is 16.9. The van der Waals surface area contributed by atoms with Crippen LogP contribution in [0.2, 0.25) is 0 Å². The molecule has 0 saturated heterocycles. The van der Waals surface area contributed by atoms with E-state index in [0.29, 0.717) is 0 Å². The van der Waals surface area contributed by atoms with E-state index in [1.165, 1.54) is 0 Å². The van der Waals surface area contributed by atoms with E-state index in [1.807, 2.05) is 0 Å². The van der Waals surface area contributed by atoms with Crippen molar-refractivity contribution in [3.63, 3.8) is 0 Å². The molecule has 0 unspecified atom stereocenters. The fraction of sp³-hybridized carbons (Fsp3) is 0.833. The summed E-state index contributed by atoms with van der Waals surface area (Å²) in [5, 5.41) is 18.3. The zero-order valence-electron chi connectivity index (χ0n) is 11.4. The molecular weight excluding hydrogens is 240 g/mol. The molecule has 0 heterocycles. The molecule has 0 atom stereocenters. The van der Waals surface area contributed by atoms with Crippen molar-refractivity contribution in [1.29, 1.82) is 0 Å². The summed E-state index contributed by atoms with van der Waals surface area (Å²) in [6.07, 6.45) is 0.786. The Morgan fingerprint density at radius 2 is 1.00 bits per heavy atom. The van der Waals surface area contributed by atoms with E-state index in [2.05, 4.69) is 0 Å². The van der Waals surface area contributed by atoms with Gasteiger partial charge in [-0.1, -0.05) is 27.7 Å². The molecule has 2 N–H and O–H groups in total. The lowest BCUT2D eigenvalue weighted by molar-refractivity contribution is -0.401. The second kappa shape index (κ2) is 6.70. The van der Waals surface area contributed by atoms with Crippen molar-refractivity contribution in [3.8, 4) is 0 Å². The second-order valence-corrected chi connectivity index (χ2v) is 4.18. The summed E-state index contributed by atoms with van der Waals surface area (Å²) < 4.78 is 0. The predicted molar refractivity (Wildman–Crippen MR) is 64.1 cm³/mol. The molecule has 0 amide bonds. The van der Waals surface area contributed by atoms with Crippen molar-refractivity contribution in [2.24, 2.45) is 0 Å². The maximum atomic E-state index is 11.2. The van der Waals surface area contributed by atoms with Gasteiger partial charge in [-0.05, 0) is 25.7 Å². The summed E-state index contributed by atoms with van der Waals surface area (Å²) in [6, 6.07) is 0. The van der Waals surface area contributed by atoms with Crippen LogP contribution in [0.4, 0.5) is 0 Å². The first-order valence-corrected chi connectivity index (χ1v) is 6.17. The Morgan fingerprint density at radius 3 is 1.11 bits per heavy atom. The van der Waals surface area contributed by atoms with Gasteiger partial charge >= 0.3 is 11.9 Å². The smallest absolute Gasteiger partial charge is 0.339 e. The Morgan fingerprint density at radius 1 is 0.778 bits per heavy atom. The van der Waals surface area contributed by atoms with Crippen LogP contribution in [0.5, 0.6) is 0 Å². The molecular formula is C12H22O6. The maximum absolute atomic E-state index is 11.2. The zero-order chi connectivity index (χ0) is 14.4. The fourth-order valence-electron chi connectivity index (χ4n) is 1.57. The first-order valence-electron chi connectivity index (χ1n) is 6.17. The lowest BCUT2D eigenvalue weighted by Crippen LogP contribution is -2.47. The Balaban J connectivity index is 4.99. The Labute approximate surface area is 107 Å². The molecule has 0 aromatic heterocycles. The molecule has 6 nitrogen and oxygen atoms in total. The minimum Gasteiger partial charge on any atom is -0.479 e.